The van der Waals surface area contributed by atoms with Gasteiger partial charge in [0.2, 0.25) is 0 Å². The standard InChI is InChI=1S/C15H14ClNO3/c1-3-20-15(18)13-12(16)7-8-17-14(13)10-5-4-6-11(9-10)19-2/h4-9H,3H2,1-2H3. The molecule has 0 spiro atoms. The van der Waals surface area contributed by atoms with Gasteiger partial charge in [0.05, 0.1) is 24.4 Å². The molecule has 0 bridgehead atoms. The molecular formula is C15H14ClNO3. The quantitative estimate of drug-likeness (QED) is 0.808. The third kappa shape index (κ3) is 2.91. The van der Waals surface area contributed by atoms with Crippen LogP contribution in [0.5, 0.6) is 5.75 Å². The van der Waals surface area contributed by atoms with Crippen molar-refractivity contribution >= 4 is 17.6 Å². The van der Waals surface area contributed by atoms with Gasteiger partial charge in [0.1, 0.15) is 11.3 Å². The average molecular weight is 292 g/mol. The molecule has 0 atom stereocenters. The van der Waals surface area contributed by atoms with Crippen LogP contribution in [0.15, 0.2) is 36.5 Å². The average Bonchev–Trinajstić information content (AvgIpc) is 2.47. The second-order valence-electron chi connectivity index (χ2n) is 3.97. The van der Waals surface area contributed by atoms with Gasteiger partial charge in [-0.3, -0.25) is 4.98 Å². The van der Waals surface area contributed by atoms with Crippen molar-refractivity contribution in [2.24, 2.45) is 0 Å². The Bertz CT molecular complexity index is 628. The van der Waals surface area contributed by atoms with Crippen LogP contribution < -0.4 is 4.74 Å². The van der Waals surface area contributed by atoms with Gasteiger partial charge in [-0.25, -0.2) is 4.79 Å². The van der Waals surface area contributed by atoms with Gasteiger partial charge in [0, 0.05) is 11.8 Å². The zero-order chi connectivity index (χ0) is 14.5. The first kappa shape index (κ1) is 14.3. The van der Waals surface area contributed by atoms with Crippen LogP contribution in [0.1, 0.15) is 17.3 Å². The van der Waals surface area contributed by atoms with Gasteiger partial charge < -0.3 is 9.47 Å². The molecule has 0 saturated heterocycles. The third-order valence-electron chi connectivity index (χ3n) is 2.72. The van der Waals surface area contributed by atoms with E-state index in [-0.39, 0.29) is 12.2 Å². The van der Waals surface area contributed by atoms with Crippen molar-refractivity contribution in [3.8, 4) is 17.0 Å². The number of pyridine rings is 1. The Balaban J connectivity index is 2.55. The number of hydrogen-bond acceptors (Lipinski definition) is 4. The Morgan fingerprint density at radius 1 is 1.35 bits per heavy atom. The summed E-state index contributed by atoms with van der Waals surface area (Å²) in [5.74, 6) is 0.197. The van der Waals surface area contributed by atoms with E-state index in [0.29, 0.717) is 16.5 Å². The summed E-state index contributed by atoms with van der Waals surface area (Å²) in [6, 6.07) is 8.84. The molecule has 1 heterocycles. The van der Waals surface area contributed by atoms with Crippen molar-refractivity contribution in [2.45, 2.75) is 6.92 Å². The van der Waals surface area contributed by atoms with Gasteiger partial charge in [-0.15, -0.1) is 0 Å². The number of carbonyl (C=O) groups is 1. The molecule has 20 heavy (non-hydrogen) atoms. The number of benzene rings is 1. The summed E-state index contributed by atoms with van der Waals surface area (Å²) in [4.78, 5) is 16.3. The largest absolute Gasteiger partial charge is 0.497 e. The first-order valence-corrected chi connectivity index (χ1v) is 6.51. The zero-order valence-electron chi connectivity index (χ0n) is 11.2. The van der Waals surface area contributed by atoms with Crippen LogP contribution in [0.4, 0.5) is 0 Å². The first-order chi connectivity index (χ1) is 9.67. The molecule has 104 valence electrons. The molecule has 0 fully saturated rings. The third-order valence-corrected chi connectivity index (χ3v) is 3.04. The number of esters is 1. The Morgan fingerprint density at radius 3 is 2.85 bits per heavy atom. The number of methoxy groups -OCH3 is 1. The highest BCUT2D eigenvalue weighted by Crippen LogP contribution is 2.29. The minimum absolute atomic E-state index is 0.268. The molecule has 0 saturated carbocycles. The lowest BCUT2D eigenvalue weighted by Gasteiger charge is -2.10. The SMILES string of the molecule is CCOC(=O)c1c(Cl)ccnc1-c1cccc(OC)c1. The van der Waals surface area contributed by atoms with Crippen LogP contribution in [0.3, 0.4) is 0 Å². The Kier molecular flexibility index (Phi) is 4.58. The highest BCUT2D eigenvalue weighted by molar-refractivity contribution is 6.34. The van der Waals surface area contributed by atoms with Crippen molar-refractivity contribution in [1.29, 1.82) is 0 Å². The molecule has 5 heteroatoms. The van der Waals surface area contributed by atoms with Crippen LogP contribution in [0, 0.1) is 0 Å². The number of rotatable bonds is 4. The molecule has 0 aliphatic rings. The Morgan fingerprint density at radius 2 is 2.15 bits per heavy atom. The fraction of sp³-hybridized carbons (Fsp3) is 0.200. The number of ether oxygens (including phenoxy) is 2. The van der Waals surface area contributed by atoms with Crippen molar-refractivity contribution < 1.29 is 14.3 Å². The topological polar surface area (TPSA) is 48.4 Å². The van der Waals surface area contributed by atoms with E-state index in [2.05, 4.69) is 4.98 Å². The predicted octanol–water partition coefficient (Wildman–Crippen LogP) is 3.59. The monoisotopic (exact) mass is 291 g/mol. The van der Waals surface area contributed by atoms with Crippen LogP contribution in [0.25, 0.3) is 11.3 Å². The molecule has 1 aromatic heterocycles. The van der Waals surface area contributed by atoms with Gasteiger partial charge in [-0.2, -0.15) is 0 Å². The van der Waals surface area contributed by atoms with E-state index in [9.17, 15) is 4.79 Å². The molecular weight excluding hydrogens is 278 g/mol. The summed E-state index contributed by atoms with van der Waals surface area (Å²) in [7, 11) is 1.58. The normalized spacial score (nSPS) is 10.2. The molecule has 2 aromatic rings. The van der Waals surface area contributed by atoms with Crippen LogP contribution >= 0.6 is 11.6 Å². The summed E-state index contributed by atoms with van der Waals surface area (Å²) < 4.78 is 10.2. The van der Waals surface area contributed by atoms with Crippen molar-refractivity contribution in [3.63, 3.8) is 0 Å². The molecule has 4 nitrogen and oxygen atoms in total. The fourth-order valence-corrected chi connectivity index (χ4v) is 2.05. The van der Waals surface area contributed by atoms with Crippen LogP contribution in [-0.4, -0.2) is 24.7 Å². The minimum atomic E-state index is -0.483. The molecule has 1 aromatic carbocycles. The second-order valence-corrected chi connectivity index (χ2v) is 4.38. The first-order valence-electron chi connectivity index (χ1n) is 6.13. The lowest BCUT2D eigenvalue weighted by molar-refractivity contribution is 0.0527. The highest BCUT2D eigenvalue weighted by Gasteiger charge is 2.19. The summed E-state index contributed by atoms with van der Waals surface area (Å²) in [6.07, 6.45) is 1.56. The zero-order valence-corrected chi connectivity index (χ0v) is 12.0. The van der Waals surface area contributed by atoms with Gasteiger partial charge in [-0.05, 0) is 25.1 Å². The van der Waals surface area contributed by atoms with E-state index < -0.39 is 5.97 Å². The predicted molar refractivity (Wildman–Crippen MR) is 77.2 cm³/mol. The summed E-state index contributed by atoms with van der Waals surface area (Å²) in [5, 5.41) is 0.316. The molecule has 0 aliphatic heterocycles. The van der Waals surface area contributed by atoms with E-state index in [1.54, 1.807) is 32.4 Å². The summed E-state index contributed by atoms with van der Waals surface area (Å²) >= 11 is 6.11. The van der Waals surface area contributed by atoms with E-state index in [4.69, 9.17) is 21.1 Å². The fourth-order valence-electron chi connectivity index (χ4n) is 1.82. The number of hydrogen-bond donors (Lipinski definition) is 0. The van der Waals surface area contributed by atoms with E-state index in [1.165, 1.54) is 0 Å². The highest BCUT2D eigenvalue weighted by atomic mass is 35.5. The molecule has 0 radical (unpaired) electrons. The minimum Gasteiger partial charge on any atom is -0.497 e. The molecule has 0 N–H and O–H groups in total. The van der Waals surface area contributed by atoms with Crippen LogP contribution in [-0.2, 0) is 4.74 Å². The van der Waals surface area contributed by atoms with Crippen molar-refractivity contribution in [3.05, 3.63) is 47.1 Å². The summed E-state index contributed by atoms with van der Waals surface area (Å²) in [5.41, 5.74) is 1.49. The number of nitrogens with zero attached hydrogens (tertiary/aromatic N) is 1. The Labute approximate surface area is 122 Å². The molecule has 0 unspecified atom stereocenters. The smallest absolute Gasteiger partial charge is 0.341 e. The van der Waals surface area contributed by atoms with Gasteiger partial charge in [0.15, 0.2) is 0 Å². The Hall–Kier alpha value is -2.07. The second kappa shape index (κ2) is 6.39. The molecule has 0 aliphatic carbocycles. The van der Waals surface area contributed by atoms with Crippen molar-refractivity contribution in [2.75, 3.05) is 13.7 Å². The van der Waals surface area contributed by atoms with Gasteiger partial charge >= 0.3 is 5.97 Å². The van der Waals surface area contributed by atoms with Crippen molar-refractivity contribution in [1.82, 2.24) is 4.98 Å². The maximum Gasteiger partial charge on any atom is 0.341 e. The van der Waals surface area contributed by atoms with E-state index in [1.807, 2.05) is 18.2 Å². The number of aromatic nitrogens is 1. The van der Waals surface area contributed by atoms with Crippen LogP contribution in [0.2, 0.25) is 5.02 Å². The van der Waals surface area contributed by atoms with E-state index >= 15 is 0 Å². The summed E-state index contributed by atoms with van der Waals surface area (Å²) in [6.45, 7) is 2.02. The lowest BCUT2D eigenvalue weighted by Crippen LogP contribution is -2.08. The molecule has 2 rings (SSSR count). The lowest BCUT2D eigenvalue weighted by atomic mass is 10.1. The molecule has 0 amide bonds. The number of carbonyl (C=O) groups excluding carboxylic acids is 1. The number of halogens is 1. The van der Waals surface area contributed by atoms with Gasteiger partial charge in [-0.1, -0.05) is 23.7 Å². The van der Waals surface area contributed by atoms with Gasteiger partial charge in [0.25, 0.3) is 0 Å². The van der Waals surface area contributed by atoms with E-state index in [0.717, 1.165) is 5.56 Å². The maximum atomic E-state index is 12.0. The maximum absolute atomic E-state index is 12.0.